The first-order chi connectivity index (χ1) is 5.34. The van der Waals surface area contributed by atoms with Gasteiger partial charge < -0.3 is 0 Å². The molecule has 0 aromatic carbocycles. The number of aryl methyl sites for hydroxylation is 1. The van der Waals surface area contributed by atoms with E-state index in [4.69, 9.17) is 0 Å². The molecule has 0 N–H and O–H groups in total. The van der Waals surface area contributed by atoms with Crippen LogP contribution in [0.1, 0.15) is 40.8 Å². The average Bonchev–Trinajstić information content (AvgIpc) is 2.15. The summed E-state index contributed by atoms with van der Waals surface area (Å²) in [6.07, 6.45) is 0. The number of rotatable bonds is 0. The summed E-state index contributed by atoms with van der Waals surface area (Å²) in [5.41, 5.74) is 3.48. The molecule has 0 bridgehead atoms. The zero-order valence-corrected chi connectivity index (χ0v) is 10.6. The molecule has 1 aromatic heterocycles. The third-order valence-electron chi connectivity index (χ3n) is 2.37. The van der Waals surface area contributed by atoms with E-state index in [2.05, 4.69) is 41.5 Å². The molecule has 1 rings (SSSR count). The van der Waals surface area contributed by atoms with Gasteiger partial charge in [-0.05, 0) is 0 Å². The van der Waals surface area contributed by atoms with Gasteiger partial charge >= 0.3 is 81.5 Å². The van der Waals surface area contributed by atoms with Crippen LogP contribution in [0.25, 0.3) is 0 Å². The fourth-order valence-corrected chi connectivity index (χ4v) is 4.03. The van der Waals surface area contributed by atoms with Gasteiger partial charge in [-0.3, -0.25) is 0 Å². The summed E-state index contributed by atoms with van der Waals surface area (Å²) in [7, 11) is 0. The predicted octanol–water partition coefficient (Wildman–Crippen LogP) is 2.97. The van der Waals surface area contributed by atoms with Crippen LogP contribution in [0, 0.1) is 20.8 Å². The first kappa shape index (κ1) is 10.1. The fraction of sp³-hybridized carbons (Fsp3) is 0.636. The van der Waals surface area contributed by atoms with Crippen molar-refractivity contribution in [2.45, 2.75) is 47.0 Å². The first-order valence-corrected chi connectivity index (χ1v) is 6.12. The Balaban J connectivity index is 3.28. The van der Waals surface area contributed by atoms with Crippen molar-refractivity contribution in [2.75, 3.05) is 0 Å². The Hall–Kier alpha value is -0.000519. The van der Waals surface area contributed by atoms with E-state index in [1.54, 1.807) is 20.0 Å². The van der Waals surface area contributed by atoms with Gasteiger partial charge in [0.25, 0.3) is 0 Å². The van der Waals surface area contributed by atoms with Crippen LogP contribution in [0.5, 0.6) is 0 Å². The molecular formula is C11H18Se. The molecule has 68 valence electrons. The molecule has 0 amide bonds. The van der Waals surface area contributed by atoms with E-state index in [1.807, 2.05) is 0 Å². The van der Waals surface area contributed by atoms with Gasteiger partial charge in [0.15, 0.2) is 0 Å². The summed E-state index contributed by atoms with van der Waals surface area (Å²) >= 11 is 0.631. The first-order valence-electron chi connectivity index (χ1n) is 4.41. The van der Waals surface area contributed by atoms with Gasteiger partial charge in [0, 0.05) is 0 Å². The van der Waals surface area contributed by atoms with E-state index >= 15 is 0 Å². The molecule has 1 aromatic rings. The molecule has 0 saturated heterocycles. The summed E-state index contributed by atoms with van der Waals surface area (Å²) < 4.78 is 3.30. The van der Waals surface area contributed by atoms with Gasteiger partial charge in [-0.25, -0.2) is 0 Å². The minimum atomic E-state index is 0.378. The molecule has 0 nitrogen and oxygen atoms in total. The third-order valence-corrected chi connectivity index (χ3v) is 6.01. The van der Waals surface area contributed by atoms with Gasteiger partial charge in [0.05, 0.1) is 0 Å². The fourth-order valence-electron chi connectivity index (χ4n) is 1.46. The SMILES string of the molecule is Cc1[se]c(C(C)(C)C)c(C)c1C. The van der Waals surface area contributed by atoms with E-state index in [1.165, 1.54) is 0 Å². The number of hydrogen-bond donors (Lipinski definition) is 0. The second-order valence-corrected chi connectivity index (χ2v) is 7.06. The second-order valence-electron chi connectivity index (χ2n) is 4.49. The predicted molar refractivity (Wildman–Crippen MR) is 56.3 cm³/mol. The van der Waals surface area contributed by atoms with E-state index in [-0.39, 0.29) is 0 Å². The normalized spacial score (nSPS) is 12.2. The van der Waals surface area contributed by atoms with Crippen molar-refractivity contribution in [1.82, 2.24) is 0 Å². The molecule has 0 aliphatic heterocycles. The van der Waals surface area contributed by atoms with Gasteiger partial charge in [0.1, 0.15) is 0 Å². The van der Waals surface area contributed by atoms with E-state index < -0.39 is 0 Å². The minimum absolute atomic E-state index is 0.378. The zero-order chi connectivity index (χ0) is 9.52. The Bertz CT molecular complexity index is 287. The maximum absolute atomic E-state index is 2.32. The molecule has 12 heavy (non-hydrogen) atoms. The summed E-state index contributed by atoms with van der Waals surface area (Å²) in [6, 6.07) is 0. The van der Waals surface area contributed by atoms with Gasteiger partial charge in [0.2, 0.25) is 0 Å². The molecule has 0 fully saturated rings. The van der Waals surface area contributed by atoms with Crippen LogP contribution in [0.15, 0.2) is 0 Å². The van der Waals surface area contributed by atoms with Crippen molar-refractivity contribution in [2.24, 2.45) is 0 Å². The van der Waals surface area contributed by atoms with Crippen molar-refractivity contribution in [3.05, 3.63) is 20.0 Å². The standard InChI is InChI=1S/C11H18Se/c1-7-8(2)10(11(4,5)6)12-9(7)3/h1-6H3. The van der Waals surface area contributed by atoms with Gasteiger partial charge in [-0.15, -0.1) is 0 Å². The Morgan fingerprint density at radius 1 is 0.917 bits per heavy atom. The zero-order valence-electron chi connectivity index (χ0n) is 8.91. The molecule has 0 unspecified atom stereocenters. The molecule has 0 saturated carbocycles. The Labute approximate surface area is 81.7 Å². The molecular weight excluding hydrogens is 211 g/mol. The molecule has 1 heterocycles. The van der Waals surface area contributed by atoms with Gasteiger partial charge in [-0.1, -0.05) is 0 Å². The van der Waals surface area contributed by atoms with Crippen LogP contribution in [-0.4, -0.2) is 14.5 Å². The van der Waals surface area contributed by atoms with Crippen LogP contribution >= 0.6 is 0 Å². The van der Waals surface area contributed by atoms with Crippen LogP contribution in [-0.2, 0) is 5.41 Å². The molecule has 0 atom stereocenters. The summed E-state index contributed by atoms with van der Waals surface area (Å²) in [5, 5.41) is 0. The van der Waals surface area contributed by atoms with Crippen LogP contribution in [0.3, 0.4) is 0 Å². The molecule has 0 spiro atoms. The van der Waals surface area contributed by atoms with Crippen molar-refractivity contribution in [3.63, 3.8) is 0 Å². The van der Waals surface area contributed by atoms with E-state index in [9.17, 15) is 0 Å². The van der Waals surface area contributed by atoms with Crippen LogP contribution < -0.4 is 0 Å². The van der Waals surface area contributed by atoms with Crippen molar-refractivity contribution in [3.8, 4) is 0 Å². The molecule has 0 radical (unpaired) electrons. The summed E-state index contributed by atoms with van der Waals surface area (Å²) in [5.74, 6) is 0. The van der Waals surface area contributed by atoms with Crippen LogP contribution in [0.4, 0.5) is 0 Å². The van der Waals surface area contributed by atoms with Crippen LogP contribution in [0.2, 0.25) is 0 Å². The third kappa shape index (κ3) is 1.67. The summed E-state index contributed by atoms with van der Waals surface area (Å²) in [6.45, 7) is 13.8. The van der Waals surface area contributed by atoms with E-state index in [0.717, 1.165) is 0 Å². The van der Waals surface area contributed by atoms with E-state index in [0.29, 0.717) is 19.9 Å². The quantitative estimate of drug-likeness (QED) is 0.600. The maximum atomic E-state index is 2.32. The monoisotopic (exact) mass is 230 g/mol. The molecule has 1 heteroatoms. The topological polar surface area (TPSA) is 0 Å². The number of hydrogen-bond acceptors (Lipinski definition) is 0. The summed E-state index contributed by atoms with van der Waals surface area (Å²) in [4.78, 5) is 0. The van der Waals surface area contributed by atoms with Crippen molar-refractivity contribution < 1.29 is 0 Å². The Morgan fingerprint density at radius 2 is 1.42 bits per heavy atom. The van der Waals surface area contributed by atoms with Gasteiger partial charge in [-0.2, -0.15) is 0 Å². The molecule has 0 aliphatic carbocycles. The average molecular weight is 229 g/mol. The second kappa shape index (κ2) is 3.05. The Morgan fingerprint density at radius 3 is 1.58 bits per heavy atom. The Kier molecular flexibility index (Phi) is 2.56. The molecule has 0 aliphatic rings. The van der Waals surface area contributed by atoms with Crippen molar-refractivity contribution >= 4 is 14.5 Å². The van der Waals surface area contributed by atoms with Crippen molar-refractivity contribution in [1.29, 1.82) is 0 Å².